The molecule has 0 fully saturated rings. The highest BCUT2D eigenvalue weighted by atomic mass is 35.5. The van der Waals surface area contributed by atoms with Crippen LogP contribution in [0.5, 0.6) is 0 Å². The van der Waals surface area contributed by atoms with E-state index in [-0.39, 0.29) is 10.7 Å². The number of hydrogen-bond donors (Lipinski definition) is 2. The summed E-state index contributed by atoms with van der Waals surface area (Å²) in [5, 5.41) is 3.61. The topological polar surface area (TPSA) is 71.1 Å². The number of hydrogen-bond acceptors (Lipinski definition) is 4. The van der Waals surface area contributed by atoms with Crippen LogP contribution in [0.15, 0.2) is 41.4 Å². The fourth-order valence-corrected chi connectivity index (χ4v) is 3.22. The third kappa shape index (κ3) is 2.57. The van der Waals surface area contributed by atoms with Crippen molar-refractivity contribution in [3.63, 3.8) is 0 Å². The monoisotopic (exact) mass is 309 g/mol. The van der Waals surface area contributed by atoms with E-state index >= 15 is 0 Å². The van der Waals surface area contributed by atoms with Gasteiger partial charge in [-0.05, 0) is 36.2 Å². The van der Waals surface area contributed by atoms with Crippen molar-refractivity contribution in [3.8, 4) is 0 Å². The number of rotatable bonds is 3. The minimum Gasteiger partial charge on any atom is -0.384 e. The predicted molar refractivity (Wildman–Crippen MR) is 78.7 cm³/mol. The zero-order chi connectivity index (χ0) is 14.2. The van der Waals surface area contributed by atoms with Crippen molar-refractivity contribution in [2.24, 2.45) is 0 Å². The van der Waals surface area contributed by atoms with E-state index in [0.717, 1.165) is 24.2 Å². The van der Waals surface area contributed by atoms with Crippen LogP contribution in [0.25, 0.3) is 0 Å². The van der Waals surface area contributed by atoms with Crippen molar-refractivity contribution in [1.29, 1.82) is 0 Å². The summed E-state index contributed by atoms with van der Waals surface area (Å²) in [5.41, 5.74) is 2.01. The lowest BCUT2D eigenvalue weighted by molar-refractivity contribution is 0.601. The van der Waals surface area contributed by atoms with Gasteiger partial charge in [0, 0.05) is 18.4 Å². The third-order valence-electron chi connectivity index (χ3n) is 3.07. The maximum absolute atomic E-state index is 12.3. The average molecular weight is 310 g/mol. The molecule has 3 rings (SSSR count). The zero-order valence-electron chi connectivity index (χ0n) is 10.4. The van der Waals surface area contributed by atoms with Gasteiger partial charge in [0.15, 0.2) is 0 Å². The van der Waals surface area contributed by atoms with Crippen LogP contribution in [-0.2, 0) is 16.4 Å². The summed E-state index contributed by atoms with van der Waals surface area (Å²) < 4.78 is 27.0. The Hall–Kier alpha value is -1.79. The SMILES string of the molecule is O=S(=O)(Nc1ccc(Cl)cn1)c1ccc2c(c1)NCC2. The maximum atomic E-state index is 12.3. The quantitative estimate of drug-likeness (QED) is 0.914. The highest BCUT2D eigenvalue weighted by Crippen LogP contribution is 2.26. The standard InChI is InChI=1S/C13H12ClN3O2S/c14-10-2-4-13(16-8-10)17-20(18,19)11-3-1-9-5-6-15-12(9)7-11/h1-4,7-8,15H,5-6H2,(H,16,17). The van der Waals surface area contributed by atoms with Gasteiger partial charge in [-0.3, -0.25) is 4.72 Å². The van der Waals surface area contributed by atoms with Crippen LogP contribution >= 0.6 is 11.6 Å². The van der Waals surface area contributed by atoms with E-state index in [4.69, 9.17) is 11.6 Å². The molecule has 0 amide bonds. The fourth-order valence-electron chi connectivity index (χ4n) is 2.07. The Labute approximate surface area is 122 Å². The normalized spacial score (nSPS) is 13.7. The molecule has 2 heterocycles. The van der Waals surface area contributed by atoms with Crippen LogP contribution in [-0.4, -0.2) is 19.9 Å². The molecule has 5 nitrogen and oxygen atoms in total. The molecule has 0 bridgehead atoms. The van der Waals surface area contributed by atoms with Gasteiger partial charge < -0.3 is 5.32 Å². The Morgan fingerprint density at radius 1 is 1.25 bits per heavy atom. The van der Waals surface area contributed by atoms with Gasteiger partial charge in [0.05, 0.1) is 9.92 Å². The number of nitrogens with zero attached hydrogens (tertiary/aromatic N) is 1. The highest BCUT2D eigenvalue weighted by molar-refractivity contribution is 7.92. The first-order valence-corrected chi connectivity index (χ1v) is 7.92. The number of pyridine rings is 1. The van der Waals surface area contributed by atoms with E-state index in [1.165, 1.54) is 12.3 Å². The molecule has 0 unspecified atom stereocenters. The highest BCUT2D eigenvalue weighted by Gasteiger charge is 2.18. The summed E-state index contributed by atoms with van der Waals surface area (Å²) >= 11 is 5.72. The van der Waals surface area contributed by atoms with E-state index in [9.17, 15) is 8.42 Å². The molecule has 2 N–H and O–H groups in total. The molecule has 0 spiro atoms. The second kappa shape index (κ2) is 4.96. The number of anilines is 2. The van der Waals surface area contributed by atoms with Gasteiger partial charge in [0.25, 0.3) is 10.0 Å². The van der Waals surface area contributed by atoms with Gasteiger partial charge in [-0.1, -0.05) is 17.7 Å². The zero-order valence-corrected chi connectivity index (χ0v) is 12.0. The lowest BCUT2D eigenvalue weighted by atomic mass is 10.2. The van der Waals surface area contributed by atoms with E-state index in [1.54, 1.807) is 18.2 Å². The molecule has 0 atom stereocenters. The predicted octanol–water partition coefficient (Wildman–Crippen LogP) is 2.50. The molecule has 104 valence electrons. The van der Waals surface area contributed by atoms with Crippen molar-refractivity contribution >= 4 is 33.1 Å². The molecule has 0 aliphatic carbocycles. The van der Waals surface area contributed by atoms with Gasteiger partial charge in [0.2, 0.25) is 0 Å². The van der Waals surface area contributed by atoms with Crippen molar-refractivity contribution in [1.82, 2.24) is 4.98 Å². The Kier molecular flexibility index (Phi) is 3.27. The van der Waals surface area contributed by atoms with Crippen LogP contribution in [0.1, 0.15) is 5.56 Å². The molecule has 1 aromatic heterocycles. The van der Waals surface area contributed by atoms with E-state index in [2.05, 4.69) is 15.0 Å². The summed E-state index contributed by atoms with van der Waals surface area (Å²) in [6, 6.07) is 8.17. The van der Waals surface area contributed by atoms with Crippen LogP contribution in [0, 0.1) is 0 Å². The number of aromatic nitrogens is 1. The van der Waals surface area contributed by atoms with Crippen LogP contribution in [0.4, 0.5) is 11.5 Å². The van der Waals surface area contributed by atoms with Gasteiger partial charge in [-0.25, -0.2) is 13.4 Å². The van der Waals surface area contributed by atoms with Crippen LogP contribution in [0.2, 0.25) is 5.02 Å². The number of benzene rings is 1. The van der Waals surface area contributed by atoms with E-state index < -0.39 is 10.0 Å². The molecule has 0 radical (unpaired) electrons. The number of sulfonamides is 1. The first-order chi connectivity index (χ1) is 9.54. The third-order valence-corrected chi connectivity index (χ3v) is 4.64. The van der Waals surface area contributed by atoms with Crippen LogP contribution in [0.3, 0.4) is 0 Å². The van der Waals surface area contributed by atoms with E-state index in [1.807, 2.05) is 6.07 Å². The first kappa shape index (κ1) is 13.2. The molecule has 1 aromatic carbocycles. The second-order valence-electron chi connectivity index (χ2n) is 4.46. The number of fused-ring (bicyclic) bond motifs is 1. The van der Waals surface area contributed by atoms with Crippen molar-refractivity contribution in [2.75, 3.05) is 16.6 Å². The number of halogens is 1. The molecule has 0 saturated heterocycles. The fraction of sp³-hybridized carbons (Fsp3) is 0.154. The minimum atomic E-state index is -3.64. The molecule has 20 heavy (non-hydrogen) atoms. The summed E-state index contributed by atoms with van der Waals surface area (Å²) in [5.74, 6) is 0.239. The van der Waals surface area contributed by atoms with Gasteiger partial charge in [-0.2, -0.15) is 0 Å². The summed E-state index contributed by atoms with van der Waals surface area (Å²) in [7, 11) is -3.64. The Bertz CT molecular complexity index is 745. The minimum absolute atomic E-state index is 0.211. The maximum Gasteiger partial charge on any atom is 0.263 e. The molecular formula is C13H12ClN3O2S. The van der Waals surface area contributed by atoms with Crippen molar-refractivity contribution < 1.29 is 8.42 Å². The molecular weight excluding hydrogens is 298 g/mol. The van der Waals surface area contributed by atoms with Crippen molar-refractivity contribution in [3.05, 3.63) is 47.1 Å². The molecule has 7 heteroatoms. The van der Waals surface area contributed by atoms with Gasteiger partial charge in [-0.15, -0.1) is 0 Å². The lowest BCUT2D eigenvalue weighted by Gasteiger charge is -2.09. The van der Waals surface area contributed by atoms with Gasteiger partial charge >= 0.3 is 0 Å². The Morgan fingerprint density at radius 3 is 2.85 bits per heavy atom. The molecule has 2 aromatic rings. The first-order valence-electron chi connectivity index (χ1n) is 6.06. The molecule has 0 saturated carbocycles. The smallest absolute Gasteiger partial charge is 0.263 e. The second-order valence-corrected chi connectivity index (χ2v) is 6.58. The summed E-state index contributed by atoms with van der Waals surface area (Å²) in [6.07, 6.45) is 2.31. The molecule has 1 aliphatic heterocycles. The number of nitrogens with one attached hydrogen (secondary N) is 2. The Morgan fingerprint density at radius 2 is 2.10 bits per heavy atom. The van der Waals surface area contributed by atoms with Gasteiger partial charge in [0.1, 0.15) is 5.82 Å². The average Bonchev–Trinajstić information content (AvgIpc) is 2.88. The summed E-state index contributed by atoms with van der Waals surface area (Å²) in [4.78, 5) is 4.13. The van der Waals surface area contributed by atoms with E-state index in [0.29, 0.717) is 5.02 Å². The largest absolute Gasteiger partial charge is 0.384 e. The molecule has 1 aliphatic rings. The van der Waals surface area contributed by atoms with Crippen molar-refractivity contribution in [2.45, 2.75) is 11.3 Å². The lowest BCUT2D eigenvalue weighted by Crippen LogP contribution is -2.14. The van der Waals surface area contributed by atoms with Crippen LogP contribution < -0.4 is 10.0 Å². The summed E-state index contributed by atoms with van der Waals surface area (Å²) in [6.45, 7) is 0.838. The Balaban J connectivity index is 1.90.